The van der Waals surface area contributed by atoms with Gasteiger partial charge in [-0.25, -0.2) is 0 Å². The van der Waals surface area contributed by atoms with Gasteiger partial charge in [-0.1, -0.05) is 24.3 Å². The van der Waals surface area contributed by atoms with Gasteiger partial charge in [0.1, 0.15) is 0 Å². The van der Waals surface area contributed by atoms with E-state index in [2.05, 4.69) is 47.1 Å². The fraction of sp³-hybridized carbons (Fsp3) is 0.588. The summed E-state index contributed by atoms with van der Waals surface area (Å²) in [7, 11) is 0. The quantitative estimate of drug-likeness (QED) is 0.787. The maximum absolute atomic E-state index is 12.3. The first-order chi connectivity index (χ1) is 10.2. The minimum Gasteiger partial charge on any atom is -0.354 e. The number of hydrogen-bond acceptors (Lipinski definition) is 3. The van der Waals surface area contributed by atoms with Gasteiger partial charge in [-0.05, 0) is 50.4 Å². The van der Waals surface area contributed by atoms with E-state index in [1.165, 1.54) is 11.1 Å². The van der Waals surface area contributed by atoms with Crippen LogP contribution in [0, 0.1) is 5.92 Å². The van der Waals surface area contributed by atoms with E-state index in [0.29, 0.717) is 12.6 Å². The lowest BCUT2D eigenvalue weighted by Crippen LogP contribution is -2.45. The molecule has 1 amide bonds. The van der Waals surface area contributed by atoms with E-state index in [4.69, 9.17) is 0 Å². The second-order valence-electron chi connectivity index (χ2n) is 6.28. The topological polar surface area (TPSA) is 53.2 Å². The molecular weight excluding hydrogens is 262 g/mol. The fourth-order valence-corrected chi connectivity index (χ4v) is 3.49. The van der Waals surface area contributed by atoms with Gasteiger partial charge in [-0.15, -0.1) is 0 Å². The lowest BCUT2D eigenvalue weighted by Gasteiger charge is -2.30. The predicted molar refractivity (Wildman–Crippen MR) is 84.1 cm³/mol. The third-order valence-electron chi connectivity index (χ3n) is 4.69. The Balaban J connectivity index is 1.57. The molecule has 3 rings (SSSR count). The Hall–Kier alpha value is -1.39. The molecule has 1 fully saturated rings. The molecule has 0 aliphatic carbocycles. The summed E-state index contributed by atoms with van der Waals surface area (Å²) in [5.74, 6) is 0.383. The molecule has 4 nitrogen and oxygen atoms in total. The smallest absolute Gasteiger partial charge is 0.223 e. The van der Waals surface area contributed by atoms with Crippen LogP contribution in [0.15, 0.2) is 24.3 Å². The Morgan fingerprint density at radius 2 is 2.14 bits per heavy atom. The molecule has 0 radical (unpaired) electrons. The largest absolute Gasteiger partial charge is 0.354 e. The predicted octanol–water partition coefficient (Wildman–Crippen LogP) is 1.38. The molecule has 114 valence electrons. The number of carbonyl (C=O) groups excluding carboxylic acids is 1. The first kappa shape index (κ1) is 14.5. The monoisotopic (exact) mass is 287 g/mol. The average molecular weight is 287 g/mol. The lowest BCUT2D eigenvalue weighted by atomic mass is 9.91. The highest BCUT2D eigenvalue weighted by Gasteiger charge is 2.26. The van der Waals surface area contributed by atoms with Gasteiger partial charge in [-0.2, -0.15) is 0 Å². The summed E-state index contributed by atoms with van der Waals surface area (Å²) in [5.41, 5.74) is 2.74. The summed E-state index contributed by atoms with van der Waals surface area (Å²) in [5, 5.41) is 10.1. The number of hydrogen-bond donors (Lipinski definition) is 3. The standard InChI is InChI=1S/C17H25N3O/c1-12-10-14(7-8-18-12)17(21)20-11-16-15-5-3-2-4-13(15)6-9-19-16/h2-5,12,14,16,18-19H,6-11H2,1H3,(H,20,21)/t12-,14-,16?/m0/s1. The van der Waals surface area contributed by atoms with Crippen molar-refractivity contribution in [3.63, 3.8) is 0 Å². The summed E-state index contributed by atoms with van der Waals surface area (Å²) >= 11 is 0. The van der Waals surface area contributed by atoms with Gasteiger partial charge in [0.15, 0.2) is 0 Å². The van der Waals surface area contributed by atoms with Crippen LogP contribution in [0.3, 0.4) is 0 Å². The molecule has 1 unspecified atom stereocenters. The minimum absolute atomic E-state index is 0.167. The number of nitrogens with one attached hydrogen (secondary N) is 3. The van der Waals surface area contributed by atoms with E-state index in [1.54, 1.807) is 0 Å². The van der Waals surface area contributed by atoms with E-state index >= 15 is 0 Å². The molecular formula is C17H25N3O. The van der Waals surface area contributed by atoms with Crippen LogP contribution in [-0.2, 0) is 11.2 Å². The Labute approximate surface area is 126 Å². The molecule has 0 saturated carbocycles. The zero-order valence-electron chi connectivity index (χ0n) is 12.7. The molecule has 2 aliphatic heterocycles. The number of piperidine rings is 1. The highest BCUT2D eigenvalue weighted by Crippen LogP contribution is 2.22. The lowest BCUT2D eigenvalue weighted by molar-refractivity contribution is -0.126. The van der Waals surface area contributed by atoms with Gasteiger partial charge in [0, 0.05) is 24.5 Å². The first-order valence-electron chi connectivity index (χ1n) is 8.06. The number of amides is 1. The van der Waals surface area contributed by atoms with Crippen LogP contribution in [-0.4, -0.2) is 31.6 Å². The number of carbonyl (C=O) groups is 1. The van der Waals surface area contributed by atoms with Gasteiger partial charge < -0.3 is 16.0 Å². The molecule has 21 heavy (non-hydrogen) atoms. The molecule has 0 spiro atoms. The van der Waals surface area contributed by atoms with Gasteiger partial charge in [0.2, 0.25) is 5.91 Å². The van der Waals surface area contributed by atoms with Crippen molar-refractivity contribution in [3.05, 3.63) is 35.4 Å². The van der Waals surface area contributed by atoms with Crippen molar-refractivity contribution in [3.8, 4) is 0 Å². The maximum atomic E-state index is 12.3. The van der Waals surface area contributed by atoms with Gasteiger partial charge in [0.05, 0.1) is 0 Å². The summed E-state index contributed by atoms with van der Waals surface area (Å²) in [4.78, 5) is 12.3. The van der Waals surface area contributed by atoms with Crippen LogP contribution in [0.1, 0.15) is 36.9 Å². The fourth-order valence-electron chi connectivity index (χ4n) is 3.49. The Bertz CT molecular complexity index is 503. The molecule has 4 heteroatoms. The average Bonchev–Trinajstić information content (AvgIpc) is 2.52. The zero-order valence-corrected chi connectivity index (χ0v) is 12.7. The SMILES string of the molecule is C[C@H]1C[C@@H](C(=O)NCC2NCCc3ccccc32)CCN1. The van der Waals surface area contributed by atoms with Crippen LogP contribution in [0.4, 0.5) is 0 Å². The molecule has 3 atom stereocenters. The molecule has 0 bridgehead atoms. The van der Waals surface area contributed by atoms with E-state index < -0.39 is 0 Å². The van der Waals surface area contributed by atoms with Crippen molar-refractivity contribution in [2.75, 3.05) is 19.6 Å². The van der Waals surface area contributed by atoms with E-state index in [-0.39, 0.29) is 17.9 Å². The molecule has 0 aromatic heterocycles. The Morgan fingerprint density at radius 3 is 3.00 bits per heavy atom. The summed E-state index contributed by atoms with van der Waals surface area (Å²) < 4.78 is 0. The number of benzene rings is 1. The number of rotatable bonds is 3. The molecule has 2 aliphatic rings. The van der Waals surface area contributed by atoms with Gasteiger partial charge in [0.25, 0.3) is 0 Å². The van der Waals surface area contributed by atoms with Crippen molar-refractivity contribution < 1.29 is 4.79 Å². The first-order valence-corrected chi connectivity index (χ1v) is 8.06. The molecule has 1 aromatic carbocycles. The summed E-state index contributed by atoms with van der Waals surface area (Å²) in [6.45, 7) is 4.78. The zero-order chi connectivity index (χ0) is 14.7. The number of fused-ring (bicyclic) bond motifs is 1. The van der Waals surface area contributed by atoms with E-state index in [1.807, 2.05) is 0 Å². The van der Waals surface area contributed by atoms with E-state index in [0.717, 1.165) is 32.4 Å². The van der Waals surface area contributed by atoms with Crippen molar-refractivity contribution in [1.82, 2.24) is 16.0 Å². The second kappa shape index (κ2) is 6.58. The van der Waals surface area contributed by atoms with Crippen LogP contribution in [0.5, 0.6) is 0 Å². The van der Waals surface area contributed by atoms with E-state index in [9.17, 15) is 4.79 Å². The molecule has 3 N–H and O–H groups in total. The summed E-state index contributed by atoms with van der Waals surface area (Å²) in [6, 6.07) is 9.23. The van der Waals surface area contributed by atoms with Gasteiger partial charge >= 0.3 is 0 Å². The highest BCUT2D eigenvalue weighted by molar-refractivity contribution is 5.78. The van der Waals surface area contributed by atoms with Crippen molar-refractivity contribution in [2.24, 2.45) is 5.92 Å². The highest BCUT2D eigenvalue weighted by atomic mass is 16.1. The maximum Gasteiger partial charge on any atom is 0.223 e. The van der Waals surface area contributed by atoms with Crippen LogP contribution >= 0.6 is 0 Å². The minimum atomic E-state index is 0.167. The summed E-state index contributed by atoms with van der Waals surface area (Å²) in [6.07, 6.45) is 2.97. The molecule has 1 aromatic rings. The Kier molecular flexibility index (Phi) is 4.56. The molecule has 2 heterocycles. The van der Waals surface area contributed by atoms with Crippen molar-refractivity contribution >= 4 is 5.91 Å². The second-order valence-corrected chi connectivity index (χ2v) is 6.28. The van der Waals surface area contributed by atoms with Gasteiger partial charge in [-0.3, -0.25) is 4.79 Å². The molecule has 1 saturated heterocycles. The van der Waals surface area contributed by atoms with Crippen LogP contribution in [0.2, 0.25) is 0 Å². The van der Waals surface area contributed by atoms with Crippen LogP contribution in [0.25, 0.3) is 0 Å². The normalized spacial score (nSPS) is 28.7. The Morgan fingerprint density at radius 1 is 1.29 bits per heavy atom. The third kappa shape index (κ3) is 3.44. The third-order valence-corrected chi connectivity index (χ3v) is 4.69. The van der Waals surface area contributed by atoms with Crippen LogP contribution < -0.4 is 16.0 Å². The van der Waals surface area contributed by atoms with Crippen molar-refractivity contribution in [1.29, 1.82) is 0 Å². The van der Waals surface area contributed by atoms with Crippen molar-refractivity contribution in [2.45, 2.75) is 38.3 Å².